The molecule has 26 heavy (non-hydrogen) atoms. The van der Waals surface area contributed by atoms with E-state index in [9.17, 15) is 4.79 Å². The van der Waals surface area contributed by atoms with Crippen molar-refractivity contribution in [1.29, 1.82) is 0 Å². The number of aromatic nitrogens is 5. The number of anilines is 1. The molecular formula is C19H16N6O. The molecule has 3 aromatic heterocycles. The first-order valence-electron chi connectivity index (χ1n) is 8.10. The van der Waals surface area contributed by atoms with Crippen LogP contribution in [0, 0.1) is 6.92 Å². The summed E-state index contributed by atoms with van der Waals surface area (Å²) in [7, 11) is 0. The van der Waals surface area contributed by atoms with Crippen molar-refractivity contribution in [2.45, 2.75) is 6.92 Å². The number of benzene rings is 1. The molecule has 0 fully saturated rings. The highest BCUT2D eigenvalue weighted by molar-refractivity contribution is 6.04. The molecular weight excluding hydrogens is 328 g/mol. The van der Waals surface area contributed by atoms with Gasteiger partial charge in [0, 0.05) is 18.6 Å². The Balaban J connectivity index is 1.52. The van der Waals surface area contributed by atoms with E-state index in [1.54, 1.807) is 40.1 Å². The van der Waals surface area contributed by atoms with Crippen LogP contribution in [-0.2, 0) is 0 Å². The summed E-state index contributed by atoms with van der Waals surface area (Å²) in [6.45, 7) is 1.81. The van der Waals surface area contributed by atoms with Crippen molar-refractivity contribution in [3.8, 4) is 11.5 Å². The summed E-state index contributed by atoms with van der Waals surface area (Å²) in [5.41, 5.74) is 2.69. The average Bonchev–Trinajstić information content (AvgIpc) is 3.33. The van der Waals surface area contributed by atoms with Crippen LogP contribution in [0.3, 0.4) is 0 Å². The first kappa shape index (κ1) is 15.8. The van der Waals surface area contributed by atoms with Crippen molar-refractivity contribution in [2.24, 2.45) is 0 Å². The third kappa shape index (κ3) is 3.10. The number of carbonyl (C=O) groups is 1. The zero-order valence-electron chi connectivity index (χ0n) is 14.1. The summed E-state index contributed by atoms with van der Waals surface area (Å²) >= 11 is 0. The molecule has 0 unspecified atom stereocenters. The second kappa shape index (κ2) is 6.64. The number of nitrogens with zero attached hydrogens (tertiary/aromatic N) is 5. The highest BCUT2D eigenvalue weighted by Crippen LogP contribution is 2.15. The number of para-hydroxylation sites is 1. The van der Waals surface area contributed by atoms with E-state index in [-0.39, 0.29) is 5.91 Å². The molecule has 4 rings (SSSR count). The number of nitrogens with one attached hydrogen (secondary N) is 1. The standard InChI is InChI=1S/C19H16N6O/c1-14-17(13-25(23-14)16-6-3-2-4-7-16)19(26)22-15-8-9-18(20-12-15)24-11-5-10-21-24/h2-13H,1H3,(H,22,26). The van der Waals surface area contributed by atoms with Crippen molar-refractivity contribution in [3.63, 3.8) is 0 Å². The Morgan fingerprint density at radius 1 is 1.04 bits per heavy atom. The Bertz CT molecular complexity index is 1020. The van der Waals surface area contributed by atoms with Crippen LogP contribution in [0.2, 0.25) is 0 Å². The highest BCUT2D eigenvalue weighted by atomic mass is 16.1. The van der Waals surface area contributed by atoms with Crippen LogP contribution in [0.25, 0.3) is 11.5 Å². The number of pyridine rings is 1. The van der Waals surface area contributed by atoms with Gasteiger partial charge in [-0.05, 0) is 37.3 Å². The van der Waals surface area contributed by atoms with Crippen LogP contribution in [-0.4, -0.2) is 30.5 Å². The Kier molecular flexibility index (Phi) is 4.03. The minimum absolute atomic E-state index is 0.224. The van der Waals surface area contributed by atoms with Gasteiger partial charge in [-0.1, -0.05) is 18.2 Å². The van der Waals surface area contributed by atoms with Crippen molar-refractivity contribution in [2.75, 3.05) is 5.32 Å². The van der Waals surface area contributed by atoms with Gasteiger partial charge in [0.15, 0.2) is 5.82 Å². The lowest BCUT2D eigenvalue weighted by Gasteiger charge is -2.05. The minimum atomic E-state index is -0.224. The fourth-order valence-electron chi connectivity index (χ4n) is 2.59. The third-order valence-electron chi connectivity index (χ3n) is 3.91. The molecule has 0 aliphatic carbocycles. The van der Waals surface area contributed by atoms with Crippen LogP contribution in [0.15, 0.2) is 73.3 Å². The summed E-state index contributed by atoms with van der Waals surface area (Å²) in [6, 6.07) is 15.1. The van der Waals surface area contributed by atoms with Crippen LogP contribution in [0.4, 0.5) is 5.69 Å². The first-order valence-corrected chi connectivity index (χ1v) is 8.10. The second-order valence-electron chi connectivity index (χ2n) is 5.72. The molecule has 0 spiro atoms. The molecule has 1 N–H and O–H groups in total. The number of amides is 1. The predicted octanol–water partition coefficient (Wildman–Crippen LogP) is 3.01. The fraction of sp³-hybridized carbons (Fsp3) is 0.0526. The monoisotopic (exact) mass is 344 g/mol. The van der Waals surface area contributed by atoms with E-state index in [2.05, 4.69) is 20.5 Å². The van der Waals surface area contributed by atoms with Gasteiger partial charge in [0.1, 0.15) is 0 Å². The van der Waals surface area contributed by atoms with Gasteiger partial charge in [-0.2, -0.15) is 10.2 Å². The van der Waals surface area contributed by atoms with Crippen LogP contribution >= 0.6 is 0 Å². The quantitative estimate of drug-likeness (QED) is 0.617. The van der Waals surface area contributed by atoms with E-state index in [1.165, 1.54) is 0 Å². The number of hydrogen-bond acceptors (Lipinski definition) is 4. The van der Waals surface area contributed by atoms with Crippen LogP contribution in [0.5, 0.6) is 0 Å². The molecule has 0 saturated heterocycles. The molecule has 0 atom stereocenters. The number of carbonyl (C=O) groups excluding carboxylic acids is 1. The molecule has 128 valence electrons. The summed E-state index contributed by atoms with van der Waals surface area (Å²) in [4.78, 5) is 16.9. The van der Waals surface area contributed by atoms with E-state index >= 15 is 0 Å². The Hall–Kier alpha value is -3.74. The van der Waals surface area contributed by atoms with Gasteiger partial charge >= 0.3 is 0 Å². The van der Waals surface area contributed by atoms with Gasteiger partial charge < -0.3 is 5.32 Å². The Morgan fingerprint density at radius 2 is 1.88 bits per heavy atom. The predicted molar refractivity (Wildman–Crippen MR) is 97.6 cm³/mol. The van der Waals surface area contributed by atoms with Crippen molar-refractivity contribution < 1.29 is 4.79 Å². The Morgan fingerprint density at radius 3 is 2.58 bits per heavy atom. The van der Waals surface area contributed by atoms with Gasteiger partial charge in [0.25, 0.3) is 5.91 Å². The zero-order chi connectivity index (χ0) is 17.9. The lowest BCUT2D eigenvalue weighted by atomic mass is 10.2. The van der Waals surface area contributed by atoms with Crippen molar-refractivity contribution in [3.05, 3.63) is 84.6 Å². The fourth-order valence-corrected chi connectivity index (χ4v) is 2.59. The molecule has 0 aliphatic rings. The summed E-state index contributed by atoms with van der Waals surface area (Å²) < 4.78 is 3.35. The lowest BCUT2D eigenvalue weighted by molar-refractivity contribution is 0.102. The topological polar surface area (TPSA) is 77.6 Å². The smallest absolute Gasteiger partial charge is 0.259 e. The highest BCUT2D eigenvalue weighted by Gasteiger charge is 2.14. The minimum Gasteiger partial charge on any atom is -0.320 e. The van der Waals surface area contributed by atoms with Crippen molar-refractivity contribution in [1.82, 2.24) is 24.5 Å². The van der Waals surface area contributed by atoms with Gasteiger partial charge in [-0.3, -0.25) is 4.79 Å². The lowest BCUT2D eigenvalue weighted by Crippen LogP contribution is -2.12. The molecule has 0 radical (unpaired) electrons. The van der Waals surface area contributed by atoms with Crippen LogP contribution in [0.1, 0.15) is 16.1 Å². The second-order valence-corrected chi connectivity index (χ2v) is 5.72. The SMILES string of the molecule is Cc1nn(-c2ccccc2)cc1C(=O)Nc1ccc(-n2cccn2)nc1. The molecule has 7 nitrogen and oxygen atoms in total. The Labute approximate surface area is 149 Å². The van der Waals surface area contributed by atoms with Crippen molar-refractivity contribution >= 4 is 11.6 Å². The van der Waals surface area contributed by atoms with E-state index in [4.69, 9.17) is 0 Å². The molecule has 1 aromatic carbocycles. The molecule has 0 bridgehead atoms. The molecule has 1 amide bonds. The maximum atomic E-state index is 12.6. The number of rotatable bonds is 4. The molecule has 0 saturated carbocycles. The summed E-state index contributed by atoms with van der Waals surface area (Å²) in [6.07, 6.45) is 6.82. The van der Waals surface area contributed by atoms with E-state index < -0.39 is 0 Å². The van der Waals surface area contributed by atoms with E-state index in [0.717, 1.165) is 5.69 Å². The first-order chi connectivity index (χ1) is 12.7. The molecule has 3 heterocycles. The normalized spacial score (nSPS) is 10.7. The van der Waals surface area contributed by atoms with E-state index in [0.29, 0.717) is 22.8 Å². The molecule has 0 aliphatic heterocycles. The summed E-state index contributed by atoms with van der Waals surface area (Å²) in [5, 5.41) is 11.4. The average molecular weight is 344 g/mol. The van der Waals surface area contributed by atoms with Crippen LogP contribution < -0.4 is 5.32 Å². The third-order valence-corrected chi connectivity index (χ3v) is 3.91. The van der Waals surface area contributed by atoms with E-state index in [1.807, 2.05) is 49.5 Å². The molecule has 4 aromatic rings. The number of aryl methyl sites for hydroxylation is 1. The number of hydrogen-bond donors (Lipinski definition) is 1. The summed E-state index contributed by atoms with van der Waals surface area (Å²) in [5.74, 6) is 0.458. The van der Waals surface area contributed by atoms with Gasteiger partial charge in [-0.15, -0.1) is 0 Å². The van der Waals surface area contributed by atoms with Gasteiger partial charge in [0.05, 0.1) is 28.8 Å². The van der Waals surface area contributed by atoms with Gasteiger partial charge in [0.2, 0.25) is 0 Å². The zero-order valence-corrected chi connectivity index (χ0v) is 14.1. The van der Waals surface area contributed by atoms with Gasteiger partial charge in [-0.25, -0.2) is 14.3 Å². The largest absolute Gasteiger partial charge is 0.320 e. The maximum Gasteiger partial charge on any atom is 0.259 e. The molecule has 7 heteroatoms. The maximum absolute atomic E-state index is 12.6.